The minimum atomic E-state index is -0.358. The molecule has 1 aliphatic heterocycles. The summed E-state index contributed by atoms with van der Waals surface area (Å²) in [6.45, 7) is 0.764. The van der Waals surface area contributed by atoms with E-state index >= 15 is 0 Å². The van der Waals surface area contributed by atoms with Crippen molar-refractivity contribution in [3.63, 3.8) is 0 Å². The Hall–Kier alpha value is -4.33. The van der Waals surface area contributed by atoms with Crippen molar-refractivity contribution in [1.29, 1.82) is 0 Å². The number of pyridine rings is 1. The first-order valence-corrected chi connectivity index (χ1v) is 9.74. The van der Waals surface area contributed by atoms with E-state index in [1.807, 2.05) is 42.5 Å². The van der Waals surface area contributed by atoms with Crippen molar-refractivity contribution < 1.29 is 15.0 Å². The fourth-order valence-corrected chi connectivity index (χ4v) is 3.75. The SMILES string of the molecule is O=C(c1c(O)cc(O)cc1Nc1ccnn1-c1ccccc1)N1Cc2cccnc2C1. The summed E-state index contributed by atoms with van der Waals surface area (Å²) in [7, 11) is 0. The van der Waals surface area contributed by atoms with Crippen LogP contribution in [0.3, 0.4) is 0 Å². The molecule has 3 heterocycles. The van der Waals surface area contributed by atoms with Crippen molar-refractivity contribution in [3.05, 3.63) is 89.9 Å². The summed E-state index contributed by atoms with van der Waals surface area (Å²) in [6.07, 6.45) is 3.32. The van der Waals surface area contributed by atoms with E-state index in [1.54, 1.807) is 28.0 Å². The van der Waals surface area contributed by atoms with Gasteiger partial charge < -0.3 is 20.4 Å². The highest BCUT2D eigenvalue weighted by Crippen LogP contribution is 2.36. The number of hydrogen-bond acceptors (Lipinski definition) is 6. The predicted octanol–water partition coefficient (Wildman–Crippen LogP) is 3.58. The Balaban J connectivity index is 1.50. The van der Waals surface area contributed by atoms with Crippen LogP contribution in [0.5, 0.6) is 11.5 Å². The van der Waals surface area contributed by atoms with E-state index in [0.717, 1.165) is 23.0 Å². The molecule has 0 spiro atoms. The first kappa shape index (κ1) is 18.7. The fraction of sp³-hybridized carbons (Fsp3) is 0.0870. The van der Waals surface area contributed by atoms with Crippen LogP contribution >= 0.6 is 0 Å². The molecule has 0 fully saturated rings. The normalized spacial score (nSPS) is 12.6. The first-order chi connectivity index (χ1) is 15.1. The Labute approximate surface area is 178 Å². The smallest absolute Gasteiger partial charge is 0.260 e. The number of fused-ring (bicyclic) bond motifs is 1. The number of aromatic hydroxyl groups is 2. The van der Waals surface area contributed by atoms with Gasteiger partial charge in [-0.3, -0.25) is 9.78 Å². The number of nitrogens with zero attached hydrogens (tertiary/aromatic N) is 4. The van der Waals surface area contributed by atoms with Gasteiger partial charge in [-0.1, -0.05) is 24.3 Å². The molecule has 0 saturated carbocycles. The van der Waals surface area contributed by atoms with Crippen LogP contribution in [0, 0.1) is 0 Å². The van der Waals surface area contributed by atoms with E-state index in [9.17, 15) is 15.0 Å². The van der Waals surface area contributed by atoms with Crippen molar-refractivity contribution >= 4 is 17.4 Å². The molecule has 1 amide bonds. The van der Waals surface area contributed by atoms with Crippen LogP contribution in [0.15, 0.2) is 73.1 Å². The second-order valence-corrected chi connectivity index (χ2v) is 7.25. The molecule has 5 rings (SSSR count). The highest BCUT2D eigenvalue weighted by Gasteiger charge is 2.29. The zero-order valence-corrected chi connectivity index (χ0v) is 16.4. The molecule has 8 nitrogen and oxygen atoms in total. The minimum Gasteiger partial charge on any atom is -0.508 e. The number of rotatable bonds is 4. The highest BCUT2D eigenvalue weighted by atomic mass is 16.3. The maximum Gasteiger partial charge on any atom is 0.260 e. The third-order valence-corrected chi connectivity index (χ3v) is 5.20. The molecule has 4 aromatic rings. The number of amides is 1. The molecule has 1 aliphatic rings. The Bertz CT molecular complexity index is 1240. The number of phenolic OH excluding ortho intramolecular Hbond substituents is 2. The van der Waals surface area contributed by atoms with Crippen molar-refractivity contribution in [1.82, 2.24) is 19.7 Å². The van der Waals surface area contributed by atoms with Crippen LogP contribution in [0.2, 0.25) is 0 Å². The van der Waals surface area contributed by atoms with Gasteiger partial charge in [0.1, 0.15) is 22.9 Å². The molecule has 0 radical (unpaired) electrons. The Kier molecular flexibility index (Phi) is 4.51. The summed E-state index contributed by atoms with van der Waals surface area (Å²) >= 11 is 0. The summed E-state index contributed by atoms with van der Waals surface area (Å²) in [5.41, 5.74) is 3.00. The van der Waals surface area contributed by atoms with Gasteiger partial charge in [0.05, 0.1) is 29.8 Å². The topological polar surface area (TPSA) is 104 Å². The number of hydrogen-bond donors (Lipinski definition) is 3. The van der Waals surface area contributed by atoms with Gasteiger partial charge in [-0.2, -0.15) is 5.10 Å². The molecule has 0 saturated heterocycles. The van der Waals surface area contributed by atoms with Crippen LogP contribution in [-0.2, 0) is 13.1 Å². The van der Waals surface area contributed by atoms with Crippen molar-refractivity contribution in [2.75, 3.05) is 5.32 Å². The number of nitrogens with one attached hydrogen (secondary N) is 1. The molecule has 2 aromatic carbocycles. The molecule has 154 valence electrons. The molecule has 0 aliphatic carbocycles. The summed E-state index contributed by atoms with van der Waals surface area (Å²) in [5.74, 6) is -0.240. The monoisotopic (exact) mass is 413 g/mol. The van der Waals surface area contributed by atoms with Crippen LogP contribution in [0.4, 0.5) is 11.5 Å². The number of carbonyl (C=O) groups is 1. The van der Waals surface area contributed by atoms with Gasteiger partial charge in [-0.25, -0.2) is 4.68 Å². The lowest BCUT2D eigenvalue weighted by Gasteiger charge is -2.20. The Morgan fingerprint density at radius 3 is 2.61 bits per heavy atom. The second-order valence-electron chi connectivity index (χ2n) is 7.25. The van der Waals surface area contributed by atoms with Gasteiger partial charge in [-0.05, 0) is 23.8 Å². The Morgan fingerprint density at radius 2 is 1.81 bits per heavy atom. The molecule has 2 aromatic heterocycles. The summed E-state index contributed by atoms with van der Waals surface area (Å²) < 4.78 is 1.67. The van der Waals surface area contributed by atoms with E-state index < -0.39 is 0 Å². The van der Waals surface area contributed by atoms with Gasteiger partial charge >= 0.3 is 0 Å². The van der Waals surface area contributed by atoms with E-state index in [2.05, 4.69) is 15.4 Å². The van der Waals surface area contributed by atoms with Gasteiger partial charge in [-0.15, -0.1) is 0 Å². The molecule has 0 bridgehead atoms. The molecule has 8 heteroatoms. The maximum atomic E-state index is 13.3. The number of carbonyl (C=O) groups excluding carboxylic acids is 1. The number of benzene rings is 2. The van der Waals surface area contributed by atoms with Crippen LogP contribution in [0.1, 0.15) is 21.6 Å². The summed E-state index contributed by atoms with van der Waals surface area (Å²) in [6, 6.07) is 17.6. The van der Waals surface area contributed by atoms with E-state index in [1.165, 1.54) is 6.07 Å². The van der Waals surface area contributed by atoms with Gasteiger partial charge in [0.2, 0.25) is 0 Å². The number of anilines is 2. The number of phenols is 2. The van der Waals surface area contributed by atoms with Crippen molar-refractivity contribution in [3.8, 4) is 17.2 Å². The van der Waals surface area contributed by atoms with Gasteiger partial charge in [0.15, 0.2) is 0 Å². The van der Waals surface area contributed by atoms with E-state index in [0.29, 0.717) is 18.9 Å². The lowest BCUT2D eigenvalue weighted by atomic mass is 10.1. The zero-order chi connectivity index (χ0) is 21.4. The molecular weight excluding hydrogens is 394 g/mol. The molecular formula is C23H19N5O3. The quantitative estimate of drug-likeness (QED) is 0.473. The lowest BCUT2D eigenvalue weighted by molar-refractivity contribution is 0.0748. The first-order valence-electron chi connectivity index (χ1n) is 9.74. The van der Waals surface area contributed by atoms with Crippen LogP contribution in [-0.4, -0.2) is 35.8 Å². The van der Waals surface area contributed by atoms with Crippen molar-refractivity contribution in [2.45, 2.75) is 13.1 Å². The molecule has 3 N–H and O–H groups in total. The third kappa shape index (κ3) is 3.44. The highest BCUT2D eigenvalue weighted by molar-refractivity contribution is 6.03. The van der Waals surface area contributed by atoms with Gasteiger partial charge in [0.25, 0.3) is 5.91 Å². The summed E-state index contributed by atoms with van der Waals surface area (Å²) in [4.78, 5) is 19.3. The second kappa shape index (κ2) is 7.49. The number of para-hydroxylation sites is 1. The van der Waals surface area contributed by atoms with E-state index in [-0.39, 0.29) is 28.7 Å². The third-order valence-electron chi connectivity index (χ3n) is 5.20. The van der Waals surface area contributed by atoms with Crippen LogP contribution < -0.4 is 5.32 Å². The van der Waals surface area contributed by atoms with E-state index in [4.69, 9.17) is 0 Å². The predicted molar refractivity (Wildman–Crippen MR) is 114 cm³/mol. The standard InChI is InChI=1S/C23H19N5O3/c29-17-11-18(26-21-8-10-25-28(21)16-6-2-1-3-7-16)22(20(30)12-17)23(31)27-13-15-5-4-9-24-19(15)14-27/h1-12,26,29-30H,13-14H2. The molecule has 31 heavy (non-hydrogen) atoms. The lowest BCUT2D eigenvalue weighted by Crippen LogP contribution is -2.26. The zero-order valence-electron chi connectivity index (χ0n) is 16.4. The molecule has 0 atom stereocenters. The largest absolute Gasteiger partial charge is 0.508 e. The average Bonchev–Trinajstić information content (AvgIpc) is 3.40. The van der Waals surface area contributed by atoms with Gasteiger partial charge in [0, 0.05) is 30.9 Å². The fourth-order valence-electron chi connectivity index (χ4n) is 3.75. The summed E-state index contributed by atoms with van der Waals surface area (Å²) in [5, 5.41) is 28.1. The Morgan fingerprint density at radius 1 is 0.968 bits per heavy atom. The minimum absolute atomic E-state index is 0.0754. The average molecular weight is 413 g/mol. The van der Waals surface area contributed by atoms with Crippen LogP contribution in [0.25, 0.3) is 5.69 Å². The maximum absolute atomic E-state index is 13.3. The van der Waals surface area contributed by atoms with Crippen molar-refractivity contribution in [2.24, 2.45) is 0 Å². The number of aromatic nitrogens is 3. The molecule has 0 unspecified atom stereocenters.